The van der Waals surface area contributed by atoms with Crippen LogP contribution in [0.15, 0.2) is 6.07 Å². The molecular weight excluding hydrogens is 278 g/mol. The second-order valence-electron chi connectivity index (χ2n) is 5.22. The molecule has 0 saturated heterocycles. The van der Waals surface area contributed by atoms with Crippen molar-refractivity contribution in [1.82, 2.24) is 0 Å². The number of rotatable bonds is 1. The van der Waals surface area contributed by atoms with Gasteiger partial charge in [-0.15, -0.1) is 0 Å². The number of phenols is 1. The van der Waals surface area contributed by atoms with Gasteiger partial charge >= 0.3 is 6.18 Å². The van der Waals surface area contributed by atoms with Gasteiger partial charge in [0.05, 0.1) is 5.69 Å². The van der Waals surface area contributed by atoms with Crippen LogP contribution in [0.1, 0.15) is 36.8 Å². The molecule has 0 aromatic heterocycles. The average molecular weight is 293 g/mol. The number of halogens is 4. The number of aromatic hydroxyl groups is 1. The lowest BCUT2D eigenvalue weighted by atomic mass is 9.72. The van der Waals surface area contributed by atoms with Crippen LogP contribution in [0.2, 0.25) is 0 Å². The maximum absolute atomic E-state index is 13.6. The summed E-state index contributed by atoms with van der Waals surface area (Å²) in [5, 5.41) is 19.6. The van der Waals surface area contributed by atoms with Crippen LogP contribution in [0.3, 0.4) is 0 Å². The number of hydrogen-bond acceptors (Lipinski definition) is 3. The van der Waals surface area contributed by atoms with Gasteiger partial charge in [0.25, 0.3) is 0 Å². The van der Waals surface area contributed by atoms with Gasteiger partial charge in [-0.2, -0.15) is 13.2 Å². The van der Waals surface area contributed by atoms with Gasteiger partial charge < -0.3 is 15.9 Å². The Labute approximate surface area is 113 Å². The molecular formula is C13H15F4NO2. The van der Waals surface area contributed by atoms with E-state index >= 15 is 0 Å². The van der Waals surface area contributed by atoms with Crippen molar-refractivity contribution in [3.05, 3.63) is 23.0 Å². The van der Waals surface area contributed by atoms with E-state index in [-0.39, 0.29) is 17.5 Å². The second-order valence-corrected chi connectivity index (χ2v) is 5.22. The monoisotopic (exact) mass is 293 g/mol. The summed E-state index contributed by atoms with van der Waals surface area (Å²) < 4.78 is 52.6. The van der Waals surface area contributed by atoms with Gasteiger partial charge in [-0.25, -0.2) is 4.39 Å². The van der Waals surface area contributed by atoms with Crippen LogP contribution in [0, 0.1) is 5.82 Å². The van der Waals surface area contributed by atoms with Gasteiger partial charge in [-0.1, -0.05) is 6.92 Å². The van der Waals surface area contributed by atoms with Crippen molar-refractivity contribution in [2.45, 2.75) is 43.9 Å². The van der Waals surface area contributed by atoms with Gasteiger partial charge in [0.2, 0.25) is 0 Å². The largest absolute Gasteiger partial charge is 0.505 e. The zero-order valence-corrected chi connectivity index (χ0v) is 10.8. The molecule has 0 aliphatic heterocycles. The quantitative estimate of drug-likeness (QED) is 0.551. The van der Waals surface area contributed by atoms with Crippen LogP contribution in [-0.2, 0) is 6.42 Å². The molecule has 0 amide bonds. The third-order valence-corrected chi connectivity index (χ3v) is 3.89. The summed E-state index contributed by atoms with van der Waals surface area (Å²) in [6.45, 7) is 1.62. The minimum Gasteiger partial charge on any atom is -0.505 e. The van der Waals surface area contributed by atoms with Gasteiger partial charge in [0, 0.05) is 12.0 Å². The lowest BCUT2D eigenvalue weighted by Gasteiger charge is -2.39. The van der Waals surface area contributed by atoms with Gasteiger partial charge in [0.15, 0.2) is 17.2 Å². The Kier molecular flexibility index (Phi) is 3.36. The first-order chi connectivity index (χ1) is 9.10. The smallest absolute Gasteiger partial charge is 0.417 e. The number of nitrogens with two attached hydrogens (primary N) is 1. The molecule has 2 unspecified atom stereocenters. The SMILES string of the molecule is CCC1CC(O)(C(F)(F)F)Cc2cc(N)c(F)c(O)c21. The third-order valence-electron chi connectivity index (χ3n) is 3.89. The lowest BCUT2D eigenvalue weighted by molar-refractivity contribution is -0.265. The van der Waals surface area contributed by atoms with Crippen molar-refractivity contribution in [1.29, 1.82) is 0 Å². The van der Waals surface area contributed by atoms with E-state index in [2.05, 4.69) is 0 Å². The van der Waals surface area contributed by atoms with Crippen LogP contribution in [0.25, 0.3) is 0 Å². The number of phenolic OH excluding ortho intramolecular Hbond substituents is 1. The highest BCUT2D eigenvalue weighted by Gasteiger charge is 2.56. The van der Waals surface area contributed by atoms with E-state index in [1.54, 1.807) is 6.92 Å². The molecule has 1 aliphatic carbocycles. The van der Waals surface area contributed by atoms with E-state index < -0.39 is 47.8 Å². The number of fused-ring (bicyclic) bond motifs is 1. The number of benzene rings is 1. The topological polar surface area (TPSA) is 66.5 Å². The van der Waals surface area contributed by atoms with E-state index in [0.29, 0.717) is 0 Å². The maximum atomic E-state index is 13.6. The molecule has 2 rings (SSSR count). The molecule has 0 spiro atoms. The van der Waals surface area contributed by atoms with Crippen LogP contribution >= 0.6 is 0 Å². The number of hydrogen-bond donors (Lipinski definition) is 3. The number of aliphatic hydroxyl groups is 1. The first-order valence-electron chi connectivity index (χ1n) is 6.19. The van der Waals surface area contributed by atoms with Crippen molar-refractivity contribution in [2.75, 3.05) is 5.73 Å². The molecule has 0 bridgehead atoms. The summed E-state index contributed by atoms with van der Waals surface area (Å²) in [7, 11) is 0. The summed E-state index contributed by atoms with van der Waals surface area (Å²) in [4.78, 5) is 0. The molecule has 4 N–H and O–H groups in total. The van der Waals surface area contributed by atoms with E-state index in [4.69, 9.17) is 5.73 Å². The molecule has 112 valence electrons. The van der Waals surface area contributed by atoms with Crippen LogP contribution < -0.4 is 5.73 Å². The molecule has 1 aromatic carbocycles. The fourth-order valence-electron chi connectivity index (χ4n) is 2.80. The molecule has 0 heterocycles. The third kappa shape index (κ3) is 2.09. The number of alkyl halides is 3. The van der Waals surface area contributed by atoms with Gasteiger partial charge in [-0.3, -0.25) is 0 Å². The van der Waals surface area contributed by atoms with Crippen molar-refractivity contribution >= 4 is 5.69 Å². The van der Waals surface area contributed by atoms with Crippen molar-refractivity contribution in [3.8, 4) is 5.75 Å². The highest BCUT2D eigenvalue weighted by molar-refractivity contribution is 5.57. The Balaban J connectivity index is 2.61. The molecule has 0 fully saturated rings. The van der Waals surface area contributed by atoms with Crippen LogP contribution in [0.5, 0.6) is 5.75 Å². The molecule has 2 atom stereocenters. The summed E-state index contributed by atoms with van der Waals surface area (Å²) >= 11 is 0. The Morgan fingerprint density at radius 1 is 1.45 bits per heavy atom. The predicted octanol–water partition coefficient (Wildman–Crippen LogP) is 2.85. The fourth-order valence-corrected chi connectivity index (χ4v) is 2.80. The predicted molar refractivity (Wildman–Crippen MR) is 64.8 cm³/mol. The Hall–Kier alpha value is -1.50. The molecule has 20 heavy (non-hydrogen) atoms. The van der Waals surface area contributed by atoms with Crippen molar-refractivity contribution in [3.63, 3.8) is 0 Å². The average Bonchev–Trinajstić information content (AvgIpc) is 2.33. The molecule has 1 aliphatic rings. The summed E-state index contributed by atoms with van der Waals surface area (Å²) in [6, 6.07) is 1.06. The minimum absolute atomic E-state index is 0.0410. The number of nitrogen functional groups attached to an aromatic ring is 1. The minimum atomic E-state index is -4.79. The lowest BCUT2D eigenvalue weighted by Crippen LogP contribution is -2.50. The fraction of sp³-hybridized carbons (Fsp3) is 0.538. The molecule has 0 radical (unpaired) electrons. The van der Waals surface area contributed by atoms with Crippen molar-refractivity contribution in [2.24, 2.45) is 0 Å². The molecule has 7 heteroatoms. The number of anilines is 1. The second kappa shape index (κ2) is 4.51. The summed E-state index contributed by atoms with van der Waals surface area (Å²) in [6.07, 6.45) is -5.89. The highest BCUT2D eigenvalue weighted by atomic mass is 19.4. The highest BCUT2D eigenvalue weighted by Crippen LogP contribution is 2.50. The van der Waals surface area contributed by atoms with Gasteiger partial charge in [0.1, 0.15) is 0 Å². The maximum Gasteiger partial charge on any atom is 0.417 e. The summed E-state index contributed by atoms with van der Waals surface area (Å²) in [5.41, 5.74) is 2.19. The molecule has 0 saturated carbocycles. The van der Waals surface area contributed by atoms with Crippen LogP contribution in [0.4, 0.5) is 23.2 Å². The Morgan fingerprint density at radius 2 is 2.05 bits per heavy atom. The van der Waals surface area contributed by atoms with Crippen LogP contribution in [-0.4, -0.2) is 22.0 Å². The normalized spacial score (nSPS) is 26.4. The van der Waals surface area contributed by atoms with Gasteiger partial charge in [-0.05, 0) is 30.4 Å². The first kappa shape index (κ1) is 14.9. The first-order valence-corrected chi connectivity index (χ1v) is 6.19. The Bertz CT molecular complexity index is 544. The Morgan fingerprint density at radius 3 is 2.55 bits per heavy atom. The van der Waals surface area contributed by atoms with E-state index in [0.717, 1.165) is 6.07 Å². The van der Waals surface area contributed by atoms with E-state index in [1.807, 2.05) is 0 Å². The zero-order chi connectivity index (χ0) is 15.3. The van der Waals surface area contributed by atoms with Crippen molar-refractivity contribution < 1.29 is 27.8 Å². The molecule has 3 nitrogen and oxygen atoms in total. The van der Waals surface area contributed by atoms with E-state index in [9.17, 15) is 27.8 Å². The zero-order valence-electron chi connectivity index (χ0n) is 10.8. The standard InChI is InChI=1S/C13H15F4NO2/c1-2-6-4-12(20,13(15,16)17)5-7-3-8(18)10(14)11(19)9(6)7/h3,6,19-20H,2,4-5,18H2,1H3. The molecule has 1 aromatic rings. The summed E-state index contributed by atoms with van der Waals surface area (Å²) in [5.74, 6) is -2.52. The van der Waals surface area contributed by atoms with E-state index in [1.165, 1.54) is 0 Å².